The van der Waals surface area contributed by atoms with Crippen LogP contribution in [-0.4, -0.2) is 34.9 Å². The Morgan fingerprint density at radius 2 is 2.40 bits per heavy atom. The molecule has 0 bridgehead atoms. The van der Waals surface area contributed by atoms with E-state index in [-0.39, 0.29) is 11.9 Å². The van der Waals surface area contributed by atoms with Crippen molar-refractivity contribution in [2.75, 3.05) is 13.1 Å². The monoisotopic (exact) mass is 275 g/mol. The fourth-order valence-corrected chi connectivity index (χ4v) is 2.68. The Kier molecular flexibility index (Phi) is 5.53. The van der Waals surface area contributed by atoms with Crippen LogP contribution in [0.2, 0.25) is 0 Å². The maximum Gasteiger partial charge on any atom is 0.223 e. The molecule has 1 fully saturated rings. The van der Waals surface area contributed by atoms with Crippen LogP contribution < -0.4 is 5.32 Å². The Bertz CT molecular complexity index is 413. The molecule has 1 aliphatic rings. The highest BCUT2D eigenvalue weighted by Crippen LogP contribution is 2.17. The Morgan fingerprint density at radius 3 is 3.00 bits per heavy atom. The van der Waals surface area contributed by atoms with Gasteiger partial charge in [0, 0.05) is 31.4 Å². The van der Waals surface area contributed by atoms with E-state index in [1.54, 1.807) is 6.20 Å². The van der Waals surface area contributed by atoms with E-state index in [1.807, 2.05) is 23.2 Å². The highest BCUT2D eigenvalue weighted by atomic mass is 16.2. The van der Waals surface area contributed by atoms with E-state index in [2.05, 4.69) is 24.1 Å². The van der Waals surface area contributed by atoms with Crippen molar-refractivity contribution in [2.45, 2.75) is 45.7 Å². The molecule has 1 atom stereocenters. The minimum atomic E-state index is 0.226. The van der Waals surface area contributed by atoms with Gasteiger partial charge in [0.2, 0.25) is 5.91 Å². The van der Waals surface area contributed by atoms with Crippen molar-refractivity contribution in [3.8, 4) is 0 Å². The number of nitrogens with one attached hydrogen (secondary N) is 1. The number of carbonyl (C=O) groups is 1. The van der Waals surface area contributed by atoms with Gasteiger partial charge in [-0.05, 0) is 57.3 Å². The lowest BCUT2D eigenvalue weighted by Crippen LogP contribution is -2.36. The van der Waals surface area contributed by atoms with Crippen LogP contribution in [0.15, 0.2) is 24.5 Å². The molecule has 1 saturated heterocycles. The predicted octanol–water partition coefficient (Wildman–Crippen LogP) is 2.21. The van der Waals surface area contributed by atoms with Crippen molar-refractivity contribution in [2.24, 2.45) is 5.92 Å². The quantitative estimate of drug-likeness (QED) is 0.865. The van der Waals surface area contributed by atoms with E-state index in [1.165, 1.54) is 6.42 Å². The molecule has 1 aliphatic heterocycles. The zero-order valence-corrected chi connectivity index (χ0v) is 12.5. The van der Waals surface area contributed by atoms with Gasteiger partial charge in [-0.1, -0.05) is 6.07 Å². The van der Waals surface area contributed by atoms with Crippen LogP contribution in [0.3, 0.4) is 0 Å². The second-order valence-electron chi connectivity index (χ2n) is 5.87. The number of hydrogen-bond donors (Lipinski definition) is 1. The summed E-state index contributed by atoms with van der Waals surface area (Å²) < 4.78 is 0. The molecule has 4 nitrogen and oxygen atoms in total. The SMILES string of the molecule is CC(C)N(Cc1cccnc1)C(=O)CCC1CCNC1. The number of hydrogen-bond acceptors (Lipinski definition) is 3. The molecule has 0 radical (unpaired) electrons. The molecule has 0 saturated carbocycles. The minimum absolute atomic E-state index is 0.226. The van der Waals surface area contributed by atoms with Gasteiger partial charge in [-0.25, -0.2) is 0 Å². The molecular weight excluding hydrogens is 250 g/mol. The van der Waals surface area contributed by atoms with Crippen LogP contribution in [0.4, 0.5) is 0 Å². The van der Waals surface area contributed by atoms with Crippen molar-refractivity contribution < 1.29 is 4.79 Å². The van der Waals surface area contributed by atoms with E-state index in [0.29, 0.717) is 18.9 Å². The zero-order chi connectivity index (χ0) is 14.4. The summed E-state index contributed by atoms with van der Waals surface area (Å²) in [5.74, 6) is 0.933. The summed E-state index contributed by atoms with van der Waals surface area (Å²) in [6.45, 7) is 6.98. The molecule has 0 aliphatic carbocycles. The first-order chi connectivity index (χ1) is 9.66. The molecule has 2 rings (SSSR count). The van der Waals surface area contributed by atoms with Gasteiger partial charge in [0.05, 0.1) is 0 Å². The average molecular weight is 275 g/mol. The normalized spacial score (nSPS) is 18.4. The highest BCUT2D eigenvalue weighted by Gasteiger charge is 2.20. The van der Waals surface area contributed by atoms with Gasteiger partial charge >= 0.3 is 0 Å². The molecule has 110 valence electrons. The van der Waals surface area contributed by atoms with Crippen LogP contribution in [-0.2, 0) is 11.3 Å². The van der Waals surface area contributed by atoms with Gasteiger partial charge in [-0.3, -0.25) is 9.78 Å². The van der Waals surface area contributed by atoms with Crippen molar-refractivity contribution in [3.05, 3.63) is 30.1 Å². The predicted molar refractivity (Wildman–Crippen MR) is 80.1 cm³/mol. The maximum absolute atomic E-state index is 12.4. The van der Waals surface area contributed by atoms with Crippen molar-refractivity contribution in [3.63, 3.8) is 0 Å². The fraction of sp³-hybridized carbons (Fsp3) is 0.625. The minimum Gasteiger partial charge on any atom is -0.336 e. The number of aromatic nitrogens is 1. The molecule has 4 heteroatoms. The first-order valence-electron chi connectivity index (χ1n) is 7.56. The summed E-state index contributed by atoms with van der Waals surface area (Å²) in [5, 5.41) is 3.35. The van der Waals surface area contributed by atoms with E-state index < -0.39 is 0 Å². The lowest BCUT2D eigenvalue weighted by molar-refractivity contribution is -0.133. The smallest absolute Gasteiger partial charge is 0.223 e. The molecule has 2 heterocycles. The van der Waals surface area contributed by atoms with Gasteiger partial charge in [0.1, 0.15) is 0 Å². The molecular formula is C16H25N3O. The Balaban J connectivity index is 1.88. The van der Waals surface area contributed by atoms with Gasteiger partial charge in [-0.2, -0.15) is 0 Å². The number of pyridine rings is 1. The van der Waals surface area contributed by atoms with Crippen LogP contribution in [0.5, 0.6) is 0 Å². The van der Waals surface area contributed by atoms with E-state index in [0.717, 1.165) is 25.1 Å². The third-order valence-corrected chi connectivity index (χ3v) is 3.95. The molecule has 1 aromatic rings. The summed E-state index contributed by atoms with van der Waals surface area (Å²) >= 11 is 0. The lowest BCUT2D eigenvalue weighted by atomic mass is 10.0. The van der Waals surface area contributed by atoms with Crippen molar-refractivity contribution in [1.29, 1.82) is 0 Å². The van der Waals surface area contributed by atoms with E-state index >= 15 is 0 Å². The van der Waals surface area contributed by atoms with E-state index in [9.17, 15) is 4.79 Å². The number of amides is 1. The molecule has 1 aromatic heterocycles. The lowest BCUT2D eigenvalue weighted by Gasteiger charge is -2.27. The topological polar surface area (TPSA) is 45.2 Å². The van der Waals surface area contributed by atoms with E-state index in [4.69, 9.17) is 0 Å². The summed E-state index contributed by atoms with van der Waals surface area (Å²) in [6, 6.07) is 4.17. The summed E-state index contributed by atoms with van der Waals surface area (Å²) in [5.41, 5.74) is 1.09. The molecule has 0 spiro atoms. The van der Waals surface area contributed by atoms with Crippen LogP contribution in [0.1, 0.15) is 38.7 Å². The number of rotatable bonds is 6. The maximum atomic E-state index is 12.4. The molecule has 0 aromatic carbocycles. The highest BCUT2D eigenvalue weighted by molar-refractivity contribution is 5.76. The Labute approximate surface area is 121 Å². The largest absolute Gasteiger partial charge is 0.336 e. The third-order valence-electron chi connectivity index (χ3n) is 3.95. The molecule has 1 unspecified atom stereocenters. The third kappa shape index (κ3) is 4.30. The van der Waals surface area contributed by atoms with Crippen LogP contribution in [0, 0.1) is 5.92 Å². The second-order valence-corrected chi connectivity index (χ2v) is 5.87. The summed E-state index contributed by atoms with van der Waals surface area (Å²) in [6.07, 6.45) is 6.46. The molecule has 1 N–H and O–H groups in total. The first kappa shape index (κ1) is 15.0. The fourth-order valence-electron chi connectivity index (χ4n) is 2.68. The van der Waals surface area contributed by atoms with Crippen LogP contribution in [0.25, 0.3) is 0 Å². The average Bonchev–Trinajstić information content (AvgIpc) is 2.96. The molecule has 1 amide bonds. The zero-order valence-electron chi connectivity index (χ0n) is 12.5. The van der Waals surface area contributed by atoms with Gasteiger partial charge < -0.3 is 10.2 Å². The van der Waals surface area contributed by atoms with Gasteiger partial charge in [-0.15, -0.1) is 0 Å². The van der Waals surface area contributed by atoms with Gasteiger partial charge in [0.25, 0.3) is 0 Å². The van der Waals surface area contributed by atoms with Crippen molar-refractivity contribution >= 4 is 5.91 Å². The van der Waals surface area contributed by atoms with Gasteiger partial charge in [0.15, 0.2) is 0 Å². The van der Waals surface area contributed by atoms with Crippen LogP contribution >= 0.6 is 0 Å². The van der Waals surface area contributed by atoms with Crippen molar-refractivity contribution in [1.82, 2.24) is 15.2 Å². The number of nitrogens with zero attached hydrogens (tertiary/aromatic N) is 2. The Morgan fingerprint density at radius 1 is 1.55 bits per heavy atom. The molecule has 20 heavy (non-hydrogen) atoms. The first-order valence-corrected chi connectivity index (χ1v) is 7.56. The Hall–Kier alpha value is -1.42. The standard InChI is InChI=1S/C16H25N3O/c1-13(2)19(12-15-4-3-8-17-11-15)16(20)6-5-14-7-9-18-10-14/h3-4,8,11,13-14,18H,5-7,9-10,12H2,1-2H3. The number of carbonyl (C=O) groups excluding carboxylic acids is 1. The second kappa shape index (κ2) is 7.39. The summed E-state index contributed by atoms with van der Waals surface area (Å²) in [4.78, 5) is 18.5. The summed E-state index contributed by atoms with van der Waals surface area (Å²) in [7, 11) is 0.